The second-order valence-corrected chi connectivity index (χ2v) is 3.12. The molecule has 2 heteroatoms. The third-order valence-electron chi connectivity index (χ3n) is 2.34. The van der Waals surface area contributed by atoms with Gasteiger partial charge in [0.05, 0.1) is 5.69 Å². The standard InChI is InChI=1S/C12H11NO/c1-13-12-10(8-14)7-6-9-4-2-3-5-11(9)12/h2-8,13H,1H3. The molecule has 0 spiro atoms. The summed E-state index contributed by atoms with van der Waals surface area (Å²) < 4.78 is 0. The van der Waals surface area contributed by atoms with E-state index in [1.807, 2.05) is 43.4 Å². The molecule has 1 N–H and O–H groups in total. The molecule has 0 aliphatic rings. The van der Waals surface area contributed by atoms with Crippen molar-refractivity contribution in [2.45, 2.75) is 0 Å². The van der Waals surface area contributed by atoms with Crippen LogP contribution in [0.2, 0.25) is 0 Å². The highest BCUT2D eigenvalue weighted by Crippen LogP contribution is 2.25. The smallest absolute Gasteiger partial charge is 0.152 e. The van der Waals surface area contributed by atoms with E-state index in [1.54, 1.807) is 0 Å². The zero-order valence-electron chi connectivity index (χ0n) is 7.95. The van der Waals surface area contributed by atoms with Gasteiger partial charge in [-0.05, 0) is 11.5 Å². The first kappa shape index (κ1) is 8.75. The minimum Gasteiger partial charge on any atom is -0.387 e. The Labute approximate surface area is 82.6 Å². The van der Waals surface area contributed by atoms with Crippen molar-refractivity contribution >= 4 is 22.7 Å². The van der Waals surface area contributed by atoms with Crippen molar-refractivity contribution in [2.24, 2.45) is 0 Å². The maximum Gasteiger partial charge on any atom is 0.152 e. The lowest BCUT2D eigenvalue weighted by Gasteiger charge is -2.08. The Morgan fingerprint density at radius 2 is 1.93 bits per heavy atom. The van der Waals surface area contributed by atoms with Crippen molar-refractivity contribution in [3.63, 3.8) is 0 Å². The summed E-state index contributed by atoms with van der Waals surface area (Å²) in [7, 11) is 1.83. The van der Waals surface area contributed by atoms with E-state index in [1.165, 1.54) is 0 Å². The van der Waals surface area contributed by atoms with E-state index < -0.39 is 0 Å². The summed E-state index contributed by atoms with van der Waals surface area (Å²) in [6.45, 7) is 0. The molecule has 2 rings (SSSR count). The fourth-order valence-corrected chi connectivity index (χ4v) is 1.67. The second-order valence-electron chi connectivity index (χ2n) is 3.12. The van der Waals surface area contributed by atoms with E-state index >= 15 is 0 Å². The Morgan fingerprint density at radius 1 is 1.14 bits per heavy atom. The average Bonchev–Trinajstić information content (AvgIpc) is 2.27. The molecule has 2 aromatic rings. The Bertz CT molecular complexity index is 477. The predicted molar refractivity (Wildman–Crippen MR) is 58.9 cm³/mol. The van der Waals surface area contributed by atoms with Crippen molar-refractivity contribution in [3.05, 3.63) is 42.0 Å². The van der Waals surface area contributed by atoms with Gasteiger partial charge in [-0.1, -0.05) is 30.3 Å². The molecule has 0 bridgehead atoms. The van der Waals surface area contributed by atoms with Crippen molar-refractivity contribution in [1.82, 2.24) is 0 Å². The van der Waals surface area contributed by atoms with Crippen LogP contribution in [0.15, 0.2) is 36.4 Å². The summed E-state index contributed by atoms with van der Waals surface area (Å²) in [5, 5.41) is 5.28. The van der Waals surface area contributed by atoms with Gasteiger partial charge in [-0.15, -0.1) is 0 Å². The van der Waals surface area contributed by atoms with Crippen LogP contribution in [0.4, 0.5) is 5.69 Å². The summed E-state index contributed by atoms with van der Waals surface area (Å²) in [6, 6.07) is 11.8. The second kappa shape index (κ2) is 3.50. The minimum absolute atomic E-state index is 0.700. The largest absolute Gasteiger partial charge is 0.387 e. The topological polar surface area (TPSA) is 29.1 Å². The maximum absolute atomic E-state index is 10.8. The molecule has 0 radical (unpaired) electrons. The van der Waals surface area contributed by atoms with Gasteiger partial charge in [-0.25, -0.2) is 0 Å². The molecule has 2 aromatic carbocycles. The van der Waals surface area contributed by atoms with Crippen molar-refractivity contribution in [3.8, 4) is 0 Å². The first-order valence-electron chi connectivity index (χ1n) is 4.51. The highest BCUT2D eigenvalue weighted by molar-refractivity contribution is 6.02. The summed E-state index contributed by atoms with van der Waals surface area (Å²) in [5.74, 6) is 0. The third kappa shape index (κ3) is 1.25. The van der Waals surface area contributed by atoms with Gasteiger partial charge in [-0.2, -0.15) is 0 Å². The Kier molecular flexibility index (Phi) is 2.19. The minimum atomic E-state index is 0.700. The average molecular weight is 185 g/mol. The van der Waals surface area contributed by atoms with Gasteiger partial charge < -0.3 is 5.32 Å². The van der Waals surface area contributed by atoms with E-state index in [0.717, 1.165) is 22.7 Å². The molecule has 0 saturated carbocycles. The van der Waals surface area contributed by atoms with Crippen LogP contribution in [0.3, 0.4) is 0 Å². The number of anilines is 1. The molecule has 0 saturated heterocycles. The highest BCUT2D eigenvalue weighted by Gasteiger charge is 2.03. The molecular weight excluding hydrogens is 174 g/mol. The quantitative estimate of drug-likeness (QED) is 0.729. The number of hydrogen-bond donors (Lipinski definition) is 1. The van der Waals surface area contributed by atoms with Crippen LogP contribution in [0, 0.1) is 0 Å². The van der Waals surface area contributed by atoms with Crippen LogP contribution in [0.25, 0.3) is 10.8 Å². The van der Waals surface area contributed by atoms with Gasteiger partial charge in [0.1, 0.15) is 0 Å². The van der Waals surface area contributed by atoms with Crippen LogP contribution in [-0.4, -0.2) is 13.3 Å². The lowest BCUT2D eigenvalue weighted by atomic mass is 10.0. The number of hydrogen-bond acceptors (Lipinski definition) is 2. The number of aldehydes is 1. The van der Waals surface area contributed by atoms with E-state index in [9.17, 15) is 4.79 Å². The van der Waals surface area contributed by atoms with E-state index in [-0.39, 0.29) is 0 Å². The van der Waals surface area contributed by atoms with Crippen LogP contribution in [-0.2, 0) is 0 Å². The number of carbonyl (C=O) groups is 1. The summed E-state index contributed by atoms with van der Waals surface area (Å²) in [6.07, 6.45) is 0.873. The molecule has 0 heterocycles. The summed E-state index contributed by atoms with van der Waals surface area (Å²) in [4.78, 5) is 10.8. The van der Waals surface area contributed by atoms with E-state index in [0.29, 0.717) is 5.56 Å². The SMILES string of the molecule is CNc1c(C=O)ccc2ccccc12. The van der Waals surface area contributed by atoms with E-state index in [2.05, 4.69) is 5.32 Å². The zero-order valence-corrected chi connectivity index (χ0v) is 7.95. The molecule has 0 amide bonds. The van der Waals surface area contributed by atoms with E-state index in [4.69, 9.17) is 0 Å². The number of benzene rings is 2. The molecule has 0 aliphatic heterocycles. The highest BCUT2D eigenvalue weighted by atomic mass is 16.1. The normalized spacial score (nSPS) is 10.1. The monoisotopic (exact) mass is 185 g/mol. The van der Waals surface area contributed by atoms with Crippen molar-refractivity contribution < 1.29 is 4.79 Å². The molecule has 0 aliphatic carbocycles. The Hall–Kier alpha value is -1.83. The Balaban J connectivity index is 2.83. The molecule has 2 nitrogen and oxygen atoms in total. The number of rotatable bonds is 2. The van der Waals surface area contributed by atoms with Crippen LogP contribution < -0.4 is 5.32 Å². The van der Waals surface area contributed by atoms with Gasteiger partial charge in [0.15, 0.2) is 6.29 Å². The van der Waals surface area contributed by atoms with Crippen molar-refractivity contribution in [2.75, 3.05) is 12.4 Å². The van der Waals surface area contributed by atoms with Gasteiger partial charge in [-0.3, -0.25) is 4.79 Å². The third-order valence-corrected chi connectivity index (χ3v) is 2.34. The first-order valence-corrected chi connectivity index (χ1v) is 4.51. The predicted octanol–water partition coefficient (Wildman–Crippen LogP) is 2.69. The fourth-order valence-electron chi connectivity index (χ4n) is 1.67. The molecule has 0 aromatic heterocycles. The number of nitrogens with one attached hydrogen (secondary N) is 1. The molecule has 0 atom stereocenters. The van der Waals surface area contributed by atoms with Crippen LogP contribution in [0.1, 0.15) is 10.4 Å². The lowest BCUT2D eigenvalue weighted by molar-refractivity contribution is 0.112. The first-order chi connectivity index (χ1) is 6.86. The number of carbonyl (C=O) groups excluding carboxylic acids is 1. The summed E-state index contributed by atoms with van der Waals surface area (Å²) >= 11 is 0. The number of fused-ring (bicyclic) bond motifs is 1. The molecular formula is C12H11NO. The lowest BCUT2D eigenvalue weighted by Crippen LogP contribution is -1.95. The Morgan fingerprint density at radius 3 is 2.64 bits per heavy atom. The molecule has 70 valence electrons. The van der Waals surface area contributed by atoms with Crippen LogP contribution >= 0.6 is 0 Å². The molecule has 0 fully saturated rings. The maximum atomic E-state index is 10.8. The van der Waals surface area contributed by atoms with Gasteiger partial charge in [0.2, 0.25) is 0 Å². The van der Waals surface area contributed by atoms with Gasteiger partial charge in [0, 0.05) is 18.0 Å². The summed E-state index contributed by atoms with van der Waals surface area (Å²) in [5.41, 5.74) is 1.60. The van der Waals surface area contributed by atoms with Crippen LogP contribution in [0.5, 0.6) is 0 Å². The fraction of sp³-hybridized carbons (Fsp3) is 0.0833. The molecule has 0 unspecified atom stereocenters. The van der Waals surface area contributed by atoms with Crippen molar-refractivity contribution in [1.29, 1.82) is 0 Å². The van der Waals surface area contributed by atoms with Gasteiger partial charge in [0.25, 0.3) is 0 Å². The zero-order chi connectivity index (χ0) is 9.97. The molecule has 14 heavy (non-hydrogen) atoms. The van der Waals surface area contributed by atoms with Gasteiger partial charge >= 0.3 is 0 Å².